The summed E-state index contributed by atoms with van der Waals surface area (Å²) in [4.78, 5) is 23.4. The molecule has 31 heavy (non-hydrogen) atoms. The Kier molecular flexibility index (Phi) is 6.59. The number of aromatic amines is 1. The van der Waals surface area contributed by atoms with Crippen LogP contribution in [0.15, 0.2) is 52.3 Å². The lowest BCUT2D eigenvalue weighted by molar-refractivity contribution is 0.271. The van der Waals surface area contributed by atoms with Gasteiger partial charge in [-0.05, 0) is 36.2 Å². The molecule has 1 aromatic heterocycles. The molecule has 0 unspecified atom stereocenters. The smallest absolute Gasteiger partial charge is 0.345 e. The highest BCUT2D eigenvalue weighted by Gasteiger charge is 2.17. The second kappa shape index (κ2) is 9.34. The average Bonchev–Trinajstić information content (AvgIpc) is 2.76. The maximum Gasteiger partial charge on any atom is 0.345 e. The van der Waals surface area contributed by atoms with Crippen LogP contribution in [0, 0.1) is 5.92 Å². The summed E-state index contributed by atoms with van der Waals surface area (Å²) in [5, 5.41) is 0. The minimum atomic E-state index is -0.497. The second-order valence-electron chi connectivity index (χ2n) is 7.43. The molecule has 1 heterocycles. The number of nitrogens with zero attached hydrogens (tertiary/aromatic N) is 2. The highest BCUT2D eigenvalue weighted by atomic mass is 16.5. The lowest BCUT2D eigenvalue weighted by Crippen LogP contribution is -2.16. The number of nitrogen functional groups attached to an aromatic ring is 1. The van der Waals surface area contributed by atoms with Gasteiger partial charge in [0.1, 0.15) is 17.3 Å². The molecule has 0 saturated heterocycles. The number of ether oxygens (including phenoxy) is 2. The second-order valence-corrected chi connectivity index (χ2v) is 7.43. The van der Waals surface area contributed by atoms with Crippen LogP contribution in [0.2, 0.25) is 0 Å². The fraction of sp³-hybridized carbons (Fsp3) is 0.261. The number of rotatable bonds is 7. The molecule has 0 aliphatic carbocycles. The van der Waals surface area contributed by atoms with E-state index < -0.39 is 5.69 Å². The Balaban J connectivity index is 2.16. The van der Waals surface area contributed by atoms with Crippen LogP contribution in [0.4, 0.5) is 5.69 Å². The molecule has 0 bridgehead atoms. The molecule has 8 heteroatoms. The molecule has 0 saturated carbocycles. The van der Waals surface area contributed by atoms with Gasteiger partial charge in [0.05, 0.1) is 30.7 Å². The number of anilines is 1. The van der Waals surface area contributed by atoms with Crippen molar-refractivity contribution < 1.29 is 9.47 Å². The van der Waals surface area contributed by atoms with Gasteiger partial charge in [0.2, 0.25) is 0 Å². The molecule has 0 aliphatic rings. The Morgan fingerprint density at radius 1 is 1.19 bits per heavy atom. The number of methoxy groups -OCH3 is 1. The molecular formula is C23H27N5O3. The maximum absolute atomic E-state index is 12.5. The van der Waals surface area contributed by atoms with Crippen molar-refractivity contribution in [2.75, 3.05) is 26.5 Å². The van der Waals surface area contributed by atoms with E-state index in [1.54, 1.807) is 38.4 Å². The highest BCUT2D eigenvalue weighted by molar-refractivity contribution is 6.03. The zero-order chi connectivity index (χ0) is 22.5. The minimum Gasteiger partial charge on any atom is -0.496 e. The molecule has 0 spiro atoms. The van der Waals surface area contributed by atoms with Gasteiger partial charge in [-0.2, -0.15) is 4.98 Å². The van der Waals surface area contributed by atoms with Gasteiger partial charge < -0.3 is 25.9 Å². The molecule has 5 N–H and O–H groups in total. The van der Waals surface area contributed by atoms with Crippen molar-refractivity contribution in [2.45, 2.75) is 13.8 Å². The minimum absolute atomic E-state index is 0.304. The van der Waals surface area contributed by atoms with Gasteiger partial charge in [-0.3, -0.25) is 4.99 Å². The number of nitrogens with two attached hydrogens (primary N) is 2. The molecule has 0 aliphatic heterocycles. The first-order valence-corrected chi connectivity index (χ1v) is 9.88. The molecule has 8 nitrogen and oxygen atoms in total. The summed E-state index contributed by atoms with van der Waals surface area (Å²) in [5.41, 5.74) is 14.9. The van der Waals surface area contributed by atoms with E-state index in [0.717, 1.165) is 0 Å². The number of hydrogen-bond acceptors (Lipinski definition) is 6. The van der Waals surface area contributed by atoms with Crippen LogP contribution in [0.25, 0.3) is 22.5 Å². The molecule has 2 aromatic carbocycles. The number of H-pyrrole nitrogens is 1. The maximum atomic E-state index is 12.5. The van der Waals surface area contributed by atoms with E-state index in [-0.39, 0.29) is 0 Å². The van der Waals surface area contributed by atoms with Crippen LogP contribution in [0.5, 0.6) is 11.5 Å². The van der Waals surface area contributed by atoms with Gasteiger partial charge in [-0.15, -0.1) is 0 Å². The summed E-state index contributed by atoms with van der Waals surface area (Å²) in [6, 6.07) is 12.5. The van der Waals surface area contributed by atoms with Gasteiger partial charge in [-0.25, -0.2) is 4.79 Å². The van der Waals surface area contributed by atoms with Crippen molar-refractivity contribution in [3.63, 3.8) is 0 Å². The summed E-state index contributed by atoms with van der Waals surface area (Å²) in [6.45, 7) is 4.66. The quantitative estimate of drug-likeness (QED) is 0.305. The molecule has 0 amide bonds. The SMILES string of the molecule is CN=C(N)c1cc(-c2cc(-c3c(OC)cccc3OCC(C)C)[nH]c(=O)n2)ccc1N. The Morgan fingerprint density at radius 3 is 2.61 bits per heavy atom. The molecule has 162 valence electrons. The van der Waals surface area contributed by atoms with E-state index >= 15 is 0 Å². The Hall–Kier alpha value is -3.81. The highest BCUT2D eigenvalue weighted by Crippen LogP contribution is 2.38. The first-order valence-electron chi connectivity index (χ1n) is 9.88. The largest absolute Gasteiger partial charge is 0.496 e. The zero-order valence-electron chi connectivity index (χ0n) is 18.1. The van der Waals surface area contributed by atoms with Crippen molar-refractivity contribution in [3.8, 4) is 34.0 Å². The van der Waals surface area contributed by atoms with Crippen molar-refractivity contribution >= 4 is 11.5 Å². The van der Waals surface area contributed by atoms with Crippen LogP contribution in [-0.2, 0) is 0 Å². The third-order valence-electron chi connectivity index (χ3n) is 4.66. The molecule has 3 aromatic rings. The van der Waals surface area contributed by atoms with E-state index in [0.29, 0.717) is 63.6 Å². The monoisotopic (exact) mass is 421 g/mol. The molecule has 0 fully saturated rings. The number of benzene rings is 2. The normalized spacial score (nSPS) is 11.6. The summed E-state index contributed by atoms with van der Waals surface area (Å²) in [5.74, 6) is 1.83. The fourth-order valence-electron chi connectivity index (χ4n) is 3.12. The molecular weight excluding hydrogens is 394 g/mol. The Bertz CT molecular complexity index is 1170. The van der Waals surface area contributed by atoms with Crippen molar-refractivity contribution in [2.24, 2.45) is 16.6 Å². The summed E-state index contributed by atoms with van der Waals surface area (Å²) >= 11 is 0. The van der Waals surface area contributed by atoms with Gasteiger partial charge in [0.25, 0.3) is 0 Å². The summed E-state index contributed by atoms with van der Waals surface area (Å²) in [7, 11) is 3.16. The van der Waals surface area contributed by atoms with Crippen LogP contribution < -0.4 is 26.6 Å². The number of hydrogen-bond donors (Lipinski definition) is 3. The first kappa shape index (κ1) is 21.9. The summed E-state index contributed by atoms with van der Waals surface area (Å²) < 4.78 is 11.5. The number of nitrogens with one attached hydrogen (secondary N) is 1. The van der Waals surface area contributed by atoms with Crippen LogP contribution in [-0.4, -0.2) is 36.6 Å². The van der Waals surface area contributed by atoms with Gasteiger partial charge >= 0.3 is 5.69 Å². The van der Waals surface area contributed by atoms with Gasteiger partial charge in [0.15, 0.2) is 0 Å². The number of aromatic nitrogens is 2. The standard InChI is InChI=1S/C23H27N5O3/c1-13(2)12-31-20-7-5-6-19(30-4)21(20)18-11-17(27-23(29)28-18)14-8-9-16(24)15(10-14)22(25)26-3/h5-11,13H,12,24H2,1-4H3,(H2,25,26)(H,27,28,29). The van der Waals surface area contributed by atoms with E-state index in [9.17, 15) is 4.79 Å². The predicted octanol–water partition coefficient (Wildman–Crippen LogP) is 3.06. The molecule has 0 atom stereocenters. The first-order chi connectivity index (χ1) is 14.8. The fourth-order valence-corrected chi connectivity index (χ4v) is 3.12. The van der Waals surface area contributed by atoms with Crippen LogP contribution in [0.1, 0.15) is 19.4 Å². The zero-order valence-corrected chi connectivity index (χ0v) is 18.1. The van der Waals surface area contributed by atoms with E-state index in [2.05, 4.69) is 28.8 Å². The summed E-state index contributed by atoms with van der Waals surface area (Å²) in [6.07, 6.45) is 0. The van der Waals surface area contributed by atoms with E-state index in [4.69, 9.17) is 20.9 Å². The van der Waals surface area contributed by atoms with Crippen LogP contribution in [0.3, 0.4) is 0 Å². The number of amidine groups is 1. The molecule has 3 rings (SSSR count). The van der Waals surface area contributed by atoms with Gasteiger partial charge in [-0.1, -0.05) is 26.0 Å². The average molecular weight is 422 g/mol. The number of aliphatic imine (C=N–C) groups is 1. The molecule has 0 radical (unpaired) electrons. The van der Waals surface area contributed by atoms with Crippen molar-refractivity contribution in [1.29, 1.82) is 0 Å². The third kappa shape index (κ3) is 4.85. The van der Waals surface area contributed by atoms with Crippen molar-refractivity contribution in [3.05, 3.63) is 58.5 Å². The van der Waals surface area contributed by atoms with Gasteiger partial charge in [0, 0.05) is 23.9 Å². The Labute approximate surface area is 181 Å². The van der Waals surface area contributed by atoms with E-state index in [1.165, 1.54) is 0 Å². The lowest BCUT2D eigenvalue weighted by atomic mass is 10.0. The predicted molar refractivity (Wildman–Crippen MR) is 124 cm³/mol. The third-order valence-corrected chi connectivity index (χ3v) is 4.66. The lowest BCUT2D eigenvalue weighted by Gasteiger charge is -2.16. The van der Waals surface area contributed by atoms with Crippen molar-refractivity contribution in [1.82, 2.24) is 9.97 Å². The van der Waals surface area contributed by atoms with Crippen LogP contribution >= 0.6 is 0 Å². The van der Waals surface area contributed by atoms with E-state index in [1.807, 2.05) is 18.2 Å². The Morgan fingerprint density at radius 2 is 1.94 bits per heavy atom. The topological polar surface area (TPSA) is 129 Å².